The Balaban J connectivity index is 2.53. The summed E-state index contributed by atoms with van der Waals surface area (Å²) in [6.45, 7) is 5.15. The lowest BCUT2D eigenvalue weighted by molar-refractivity contribution is -0.177. The average molecular weight is 461 g/mol. The van der Waals surface area contributed by atoms with Crippen LogP contribution in [0.3, 0.4) is 0 Å². The van der Waals surface area contributed by atoms with Gasteiger partial charge in [-0.25, -0.2) is 9.59 Å². The van der Waals surface area contributed by atoms with Gasteiger partial charge in [-0.3, -0.25) is 4.79 Å². The van der Waals surface area contributed by atoms with Crippen LogP contribution in [0.5, 0.6) is 0 Å². The molecule has 0 bridgehead atoms. The first kappa shape index (κ1) is 24.9. The second-order valence-electron chi connectivity index (χ2n) is 6.54. The molecule has 0 heterocycles. The van der Waals surface area contributed by atoms with Crippen molar-refractivity contribution in [2.75, 3.05) is 31.5 Å². The Morgan fingerprint density at radius 3 is 2.16 bits per heavy atom. The largest absolute Gasteiger partial charge is 0.467 e. The molecule has 0 radical (unpaired) electrons. The topological polar surface area (TPSA) is 103 Å². The monoisotopic (exact) mass is 460 g/mol. The molecule has 2 aromatic rings. The summed E-state index contributed by atoms with van der Waals surface area (Å²) in [7, 11) is 2.50. The number of nitrogens with one attached hydrogen (secondary N) is 2. The number of carbonyl (C=O) groups is 3. The molecule has 1 amide bonds. The first-order valence-electron chi connectivity index (χ1n) is 9.68. The maximum absolute atomic E-state index is 13.0. The van der Waals surface area contributed by atoms with Gasteiger partial charge in [0.25, 0.3) is 0 Å². The molecule has 32 heavy (non-hydrogen) atoms. The fourth-order valence-electron chi connectivity index (χ4n) is 3.13. The van der Waals surface area contributed by atoms with Crippen molar-refractivity contribution in [1.82, 2.24) is 0 Å². The van der Waals surface area contributed by atoms with Crippen LogP contribution >= 0.6 is 11.6 Å². The molecule has 2 N–H and O–H groups in total. The highest BCUT2D eigenvalue weighted by molar-refractivity contribution is 6.30. The van der Waals surface area contributed by atoms with E-state index in [4.69, 9.17) is 25.8 Å². The van der Waals surface area contributed by atoms with Gasteiger partial charge < -0.3 is 24.8 Å². The molecule has 0 aliphatic rings. The van der Waals surface area contributed by atoms with E-state index >= 15 is 0 Å². The molecule has 0 saturated heterocycles. The third kappa shape index (κ3) is 5.46. The summed E-state index contributed by atoms with van der Waals surface area (Å²) in [5, 5.41) is 6.09. The number of carbonyl (C=O) groups excluding carboxylic acids is 3. The Hall–Kier alpha value is -3.36. The Morgan fingerprint density at radius 2 is 1.66 bits per heavy atom. The fraction of sp³-hybridized carbons (Fsp3) is 0.261. The molecule has 2 atom stereocenters. The number of methoxy groups -OCH3 is 2. The SMILES string of the molecule is C=CC(=O)Nc1ccc(NC(C(=O)OCC)C(OC)(C(=O)OC)c2ccc(Cl)cc2)cc1. The summed E-state index contributed by atoms with van der Waals surface area (Å²) in [5.74, 6) is -1.89. The molecule has 170 valence electrons. The maximum atomic E-state index is 13.0. The molecular formula is C23H25ClN2O6. The van der Waals surface area contributed by atoms with Crippen molar-refractivity contribution >= 4 is 40.8 Å². The van der Waals surface area contributed by atoms with E-state index in [1.807, 2.05) is 0 Å². The van der Waals surface area contributed by atoms with E-state index in [9.17, 15) is 14.4 Å². The second kappa shape index (κ2) is 11.3. The number of ether oxygens (including phenoxy) is 3. The van der Waals surface area contributed by atoms with Crippen LogP contribution in [-0.4, -0.2) is 44.7 Å². The van der Waals surface area contributed by atoms with E-state index < -0.39 is 23.6 Å². The molecule has 0 aliphatic carbocycles. The second-order valence-corrected chi connectivity index (χ2v) is 6.97. The summed E-state index contributed by atoms with van der Waals surface area (Å²) >= 11 is 6.00. The highest BCUT2D eigenvalue weighted by Gasteiger charge is 2.53. The molecule has 8 nitrogen and oxygen atoms in total. The lowest BCUT2D eigenvalue weighted by atomic mass is 9.85. The minimum absolute atomic E-state index is 0.0884. The van der Waals surface area contributed by atoms with Gasteiger partial charge in [0.1, 0.15) is 0 Å². The van der Waals surface area contributed by atoms with E-state index in [1.54, 1.807) is 55.5 Å². The number of halogens is 1. The van der Waals surface area contributed by atoms with Crippen molar-refractivity contribution < 1.29 is 28.6 Å². The van der Waals surface area contributed by atoms with Gasteiger partial charge >= 0.3 is 11.9 Å². The first-order valence-corrected chi connectivity index (χ1v) is 10.1. The molecule has 0 saturated carbocycles. The zero-order valence-corrected chi connectivity index (χ0v) is 18.8. The zero-order chi connectivity index (χ0) is 23.7. The number of hydrogen-bond acceptors (Lipinski definition) is 7. The van der Waals surface area contributed by atoms with Crippen LogP contribution in [0.1, 0.15) is 12.5 Å². The van der Waals surface area contributed by atoms with E-state index in [2.05, 4.69) is 17.2 Å². The normalized spacial score (nSPS) is 13.2. The average Bonchev–Trinajstić information content (AvgIpc) is 2.80. The van der Waals surface area contributed by atoms with Gasteiger partial charge in [0.05, 0.1) is 13.7 Å². The van der Waals surface area contributed by atoms with Gasteiger partial charge in [-0.05, 0) is 55.0 Å². The summed E-state index contributed by atoms with van der Waals surface area (Å²) in [5.41, 5.74) is -0.533. The standard InChI is InChI=1S/C23H25ClN2O6/c1-5-19(27)25-17-11-13-18(14-12-17)26-20(21(28)32-6-2)23(31-4,22(29)30-3)15-7-9-16(24)10-8-15/h5,7-14,20,26H,1,6H2,2-4H3,(H,25,27). The van der Waals surface area contributed by atoms with Gasteiger partial charge in [-0.2, -0.15) is 0 Å². The lowest BCUT2D eigenvalue weighted by Crippen LogP contribution is -2.56. The highest BCUT2D eigenvalue weighted by atomic mass is 35.5. The van der Waals surface area contributed by atoms with Gasteiger partial charge in [0.15, 0.2) is 6.04 Å². The number of hydrogen-bond donors (Lipinski definition) is 2. The van der Waals surface area contributed by atoms with Gasteiger partial charge in [0, 0.05) is 23.5 Å². The number of benzene rings is 2. The van der Waals surface area contributed by atoms with Crippen LogP contribution in [0.2, 0.25) is 5.02 Å². The van der Waals surface area contributed by atoms with E-state index in [0.29, 0.717) is 22.0 Å². The lowest BCUT2D eigenvalue weighted by Gasteiger charge is -2.36. The van der Waals surface area contributed by atoms with E-state index in [-0.39, 0.29) is 12.5 Å². The first-order chi connectivity index (χ1) is 15.3. The summed E-state index contributed by atoms with van der Waals surface area (Å²) in [4.78, 5) is 37.5. The van der Waals surface area contributed by atoms with Crippen molar-refractivity contribution in [2.45, 2.75) is 18.6 Å². The highest BCUT2D eigenvalue weighted by Crippen LogP contribution is 2.34. The molecule has 0 aromatic heterocycles. The minimum atomic E-state index is -1.87. The van der Waals surface area contributed by atoms with Crippen molar-refractivity contribution in [3.8, 4) is 0 Å². The predicted octanol–water partition coefficient (Wildman–Crippen LogP) is 3.52. The number of rotatable bonds is 10. The smallest absolute Gasteiger partial charge is 0.345 e. The van der Waals surface area contributed by atoms with Crippen LogP contribution in [0, 0.1) is 0 Å². The maximum Gasteiger partial charge on any atom is 0.345 e. The fourth-order valence-corrected chi connectivity index (χ4v) is 3.26. The molecule has 2 aromatic carbocycles. The van der Waals surface area contributed by atoms with Crippen LogP contribution < -0.4 is 10.6 Å². The van der Waals surface area contributed by atoms with Crippen LogP contribution in [0.4, 0.5) is 11.4 Å². The van der Waals surface area contributed by atoms with Crippen molar-refractivity contribution in [3.05, 3.63) is 71.8 Å². The van der Waals surface area contributed by atoms with Crippen molar-refractivity contribution in [1.29, 1.82) is 0 Å². The molecule has 0 spiro atoms. The Kier molecular flexibility index (Phi) is 8.80. The van der Waals surface area contributed by atoms with Gasteiger partial charge in [0.2, 0.25) is 11.5 Å². The molecule has 0 fully saturated rings. The summed E-state index contributed by atoms with van der Waals surface area (Å²) in [6, 6.07) is 11.5. The quantitative estimate of drug-likeness (QED) is 0.413. The Labute approximate surface area is 191 Å². The summed E-state index contributed by atoms with van der Waals surface area (Å²) in [6.07, 6.45) is 1.15. The number of anilines is 2. The summed E-state index contributed by atoms with van der Waals surface area (Å²) < 4.78 is 15.9. The number of amides is 1. The van der Waals surface area contributed by atoms with E-state index in [1.165, 1.54) is 14.2 Å². The van der Waals surface area contributed by atoms with Crippen LogP contribution in [-0.2, 0) is 34.2 Å². The van der Waals surface area contributed by atoms with Gasteiger partial charge in [-0.15, -0.1) is 0 Å². The molecular weight excluding hydrogens is 436 g/mol. The molecule has 2 rings (SSSR count). The molecule has 0 aliphatic heterocycles. The third-order valence-corrected chi connectivity index (χ3v) is 4.91. The number of esters is 2. The zero-order valence-electron chi connectivity index (χ0n) is 18.0. The predicted molar refractivity (Wildman–Crippen MR) is 121 cm³/mol. The van der Waals surface area contributed by atoms with Crippen LogP contribution in [0.25, 0.3) is 0 Å². The minimum Gasteiger partial charge on any atom is -0.467 e. The van der Waals surface area contributed by atoms with Crippen molar-refractivity contribution in [2.24, 2.45) is 0 Å². The van der Waals surface area contributed by atoms with Crippen LogP contribution in [0.15, 0.2) is 61.2 Å². The molecule has 2 unspecified atom stereocenters. The van der Waals surface area contributed by atoms with E-state index in [0.717, 1.165) is 6.08 Å². The van der Waals surface area contributed by atoms with Gasteiger partial charge in [-0.1, -0.05) is 30.3 Å². The third-order valence-electron chi connectivity index (χ3n) is 4.66. The Morgan fingerprint density at radius 1 is 1.06 bits per heavy atom. The Bertz CT molecular complexity index is 961. The molecule has 9 heteroatoms. The van der Waals surface area contributed by atoms with Crippen molar-refractivity contribution in [3.63, 3.8) is 0 Å².